The van der Waals surface area contributed by atoms with Crippen molar-refractivity contribution in [1.29, 1.82) is 5.26 Å². The minimum absolute atomic E-state index is 0.0465. The molecule has 4 nitrogen and oxygen atoms in total. The Balaban J connectivity index is 2.06. The summed E-state index contributed by atoms with van der Waals surface area (Å²) in [5.74, 6) is 0. The molecule has 4 heteroatoms. The fourth-order valence-corrected chi connectivity index (χ4v) is 2.06. The molecule has 1 aliphatic rings. The van der Waals surface area contributed by atoms with Crippen LogP contribution in [0.5, 0.6) is 0 Å². The number of ether oxygens (including phenoxy) is 1. The lowest BCUT2D eigenvalue weighted by Crippen LogP contribution is -2.45. The third-order valence-corrected chi connectivity index (χ3v) is 3.48. The number of benzene rings is 1. The molecule has 0 atom stereocenters. The summed E-state index contributed by atoms with van der Waals surface area (Å²) < 4.78 is 5.52. The van der Waals surface area contributed by atoms with Gasteiger partial charge < -0.3 is 15.8 Å². The summed E-state index contributed by atoms with van der Waals surface area (Å²) in [4.78, 5) is 0. The quantitative estimate of drug-likeness (QED) is 0.779. The number of nitrogens with two attached hydrogens (primary N) is 1. The van der Waals surface area contributed by atoms with Gasteiger partial charge in [-0.15, -0.1) is 0 Å². The molecule has 0 spiro atoms. The maximum atomic E-state index is 8.84. The van der Waals surface area contributed by atoms with Crippen LogP contribution < -0.4 is 11.1 Å². The summed E-state index contributed by atoms with van der Waals surface area (Å²) in [5, 5.41) is 12.1. The second-order valence-corrected chi connectivity index (χ2v) is 4.51. The Bertz CT molecular complexity index is 441. The minimum atomic E-state index is -0.0465. The number of rotatable bonds is 4. The SMILES string of the molecule is COC1(CNc2cc(C#N)ccc2N)CCC1. The third kappa shape index (κ3) is 2.34. The lowest BCUT2D eigenvalue weighted by Gasteiger charge is -2.40. The van der Waals surface area contributed by atoms with Crippen LogP contribution in [0.3, 0.4) is 0 Å². The molecule has 0 amide bonds. The lowest BCUT2D eigenvalue weighted by molar-refractivity contribution is -0.0601. The van der Waals surface area contributed by atoms with Crippen LogP contribution in [0.25, 0.3) is 0 Å². The summed E-state index contributed by atoms with van der Waals surface area (Å²) in [6.07, 6.45) is 3.37. The van der Waals surface area contributed by atoms with Crippen molar-refractivity contribution in [2.75, 3.05) is 24.7 Å². The van der Waals surface area contributed by atoms with Gasteiger partial charge in [0.1, 0.15) is 0 Å². The first-order chi connectivity index (χ1) is 8.19. The Morgan fingerprint density at radius 1 is 1.53 bits per heavy atom. The molecule has 90 valence electrons. The van der Waals surface area contributed by atoms with E-state index >= 15 is 0 Å². The monoisotopic (exact) mass is 231 g/mol. The van der Waals surface area contributed by atoms with Crippen LogP contribution in [0.15, 0.2) is 18.2 Å². The van der Waals surface area contributed by atoms with E-state index in [4.69, 9.17) is 15.7 Å². The van der Waals surface area contributed by atoms with Gasteiger partial charge in [-0.2, -0.15) is 5.26 Å². The molecule has 0 radical (unpaired) electrons. The number of nitrogens with zero attached hydrogens (tertiary/aromatic N) is 1. The fraction of sp³-hybridized carbons (Fsp3) is 0.462. The molecule has 1 aliphatic carbocycles. The standard InChI is InChI=1S/C13H17N3O/c1-17-13(5-2-6-13)9-16-12-7-10(8-14)3-4-11(12)15/h3-4,7,16H,2,5-6,9,15H2,1H3. The van der Waals surface area contributed by atoms with E-state index in [-0.39, 0.29) is 5.60 Å². The zero-order chi connectivity index (χ0) is 12.3. The van der Waals surface area contributed by atoms with E-state index in [0.717, 1.165) is 25.1 Å². The molecule has 0 heterocycles. The highest BCUT2D eigenvalue weighted by atomic mass is 16.5. The molecule has 0 bridgehead atoms. The average molecular weight is 231 g/mol. The molecular weight excluding hydrogens is 214 g/mol. The summed E-state index contributed by atoms with van der Waals surface area (Å²) in [5.41, 5.74) is 7.90. The second-order valence-electron chi connectivity index (χ2n) is 4.51. The van der Waals surface area contributed by atoms with E-state index in [1.54, 1.807) is 25.3 Å². The molecule has 0 unspecified atom stereocenters. The minimum Gasteiger partial charge on any atom is -0.397 e. The summed E-state index contributed by atoms with van der Waals surface area (Å²) in [6, 6.07) is 7.35. The van der Waals surface area contributed by atoms with Crippen LogP contribution in [0, 0.1) is 11.3 Å². The van der Waals surface area contributed by atoms with Crippen molar-refractivity contribution in [3.8, 4) is 6.07 Å². The van der Waals surface area contributed by atoms with Crippen molar-refractivity contribution in [1.82, 2.24) is 0 Å². The molecular formula is C13H17N3O. The van der Waals surface area contributed by atoms with Gasteiger partial charge in [0.15, 0.2) is 0 Å². The van der Waals surface area contributed by atoms with Crippen LogP contribution >= 0.6 is 0 Å². The average Bonchev–Trinajstić information content (AvgIpc) is 2.30. The first-order valence-electron chi connectivity index (χ1n) is 5.78. The van der Waals surface area contributed by atoms with Gasteiger partial charge in [0.05, 0.1) is 28.6 Å². The van der Waals surface area contributed by atoms with Crippen LogP contribution in [0.2, 0.25) is 0 Å². The van der Waals surface area contributed by atoms with Gasteiger partial charge in [0.2, 0.25) is 0 Å². The maximum Gasteiger partial charge on any atom is 0.0992 e. The van der Waals surface area contributed by atoms with Gasteiger partial charge in [0, 0.05) is 13.7 Å². The first-order valence-corrected chi connectivity index (χ1v) is 5.78. The Hall–Kier alpha value is -1.73. The van der Waals surface area contributed by atoms with Gasteiger partial charge >= 0.3 is 0 Å². The lowest BCUT2D eigenvalue weighted by atomic mass is 9.80. The van der Waals surface area contributed by atoms with Gasteiger partial charge in [0.25, 0.3) is 0 Å². The van der Waals surface area contributed by atoms with Crippen molar-refractivity contribution >= 4 is 11.4 Å². The molecule has 1 aromatic carbocycles. The Kier molecular flexibility index (Phi) is 3.21. The highest BCUT2D eigenvalue weighted by Crippen LogP contribution is 2.35. The largest absolute Gasteiger partial charge is 0.397 e. The van der Waals surface area contributed by atoms with Crippen molar-refractivity contribution < 1.29 is 4.74 Å². The van der Waals surface area contributed by atoms with Crippen LogP contribution in [0.4, 0.5) is 11.4 Å². The van der Waals surface area contributed by atoms with E-state index in [1.807, 2.05) is 0 Å². The molecule has 0 aliphatic heterocycles. The number of nitriles is 1. The molecule has 1 aromatic rings. The molecule has 1 fully saturated rings. The number of anilines is 2. The molecule has 1 saturated carbocycles. The van der Waals surface area contributed by atoms with E-state index in [0.29, 0.717) is 11.3 Å². The third-order valence-electron chi connectivity index (χ3n) is 3.48. The van der Waals surface area contributed by atoms with Gasteiger partial charge in [-0.25, -0.2) is 0 Å². The van der Waals surface area contributed by atoms with Gasteiger partial charge in [-0.05, 0) is 37.5 Å². The summed E-state index contributed by atoms with van der Waals surface area (Å²) in [6.45, 7) is 0.739. The normalized spacial score (nSPS) is 16.9. The fourth-order valence-electron chi connectivity index (χ4n) is 2.06. The molecule has 0 saturated heterocycles. The highest BCUT2D eigenvalue weighted by molar-refractivity contribution is 5.68. The summed E-state index contributed by atoms with van der Waals surface area (Å²) in [7, 11) is 1.75. The van der Waals surface area contributed by atoms with Crippen LogP contribution in [-0.2, 0) is 4.74 Å². The topological polar surface area (TPSA) is 71.1 Å². The number of hydrogen-bond donors (Lipinski definition) is 2. The van der Waals surface area contributed by atoms with E-state index in [9.17, 15) is 0 Å². The number of hydrogen-bond acceptors (Lipinski definition) is 4. The smallest absolute Gasteiger partial charge is 0.0992 e. The van der Waals surface area contributed by atoms with Gasteiger partial charge in [-0.1, -0.05) is 0 Å². The molecule has 3 N–H and O–H groups in total. The predicted molar refractivity (Wildman–Crippen MR) is 67.7 cm³/mol. The van der Waals surface area contributed by atoms with Crippen LogP contribution in [0.1, 0.15) is 24.8 Å². The molecule has 17 heavy (non-hydrogen) atoms. The zero-order valence-corrected chi connectivity index (χ0v) is 9.99. The van der Waals surface area contributed by atoms with Crippen molar-refractivity contribution in [2.45, 2.75) is 24.9 Å². The summed E-state index contributed by atoms with van der Waals surface area (Å²) >= 11 is 0. The maximum absolute atomic E-state index is 8.84. The molecule has 2 rings (SSSR count). The van der Waals surface area contributed by atoms with E-state index < -0.39 is 0 Å². The number of nitrogens with one attached hydrogen (secondary N) is 1. The van der Waals surface area contributed by atoms with E-state index in [2.05, 4.69) is 11.4 Å². The zero-order valence-electron chi connectivity index (χ0n) is 9.99. The Morgan fingerprint density at radius 3 is 2.82 bits per heavy atom. The first kappa shape index (κ1) is 11.7. The second kappa shape index (κ2) is 4.64. The van der Waals surface area contributed by atoms with Gasteiger partial charge in [-0.3, -0.25) is 0 Å². The van der Waals surface area contributed by atoms with Crippen molar-refractivity contribution in [3.63, 3.8) is 0 Å². The predicted octanol–water partition coefficient (Wildman–Crippen LogP) is 2.12. The molecule has 0 aromatic heterocycles. The van der Waals surface area contributed by atoms with Crippen molar-refractivity contribution in [2.24, 2.45) is 0 Å². The number of nitrogen functional groups attached to an aromatic ring is 1. The number of methoxy groups -OCH3 is 1. The van der Waals surface area contributed by atoms with Crippen LogP contribution in [-0.4, -0.2) is 19.3 Å². The van der Waals surface area contributed by atoms with Crippen molar-refractivity contribution in [3.05, 3.63) is 23.8 Å². The Labute approximate surface area is 101 Å². The Morgan fingerprint density at radius 2 is 2.29 bits per heavy atom. The van der Waals surface area contributed by atoms with E-state index in [1.165, 1.54) is 6.42 Å². The highest BCUT2D eigenvalue weighted by Gasteiger charge is 2.36.